The molecule has 2 rings (SSSR count). The summed E-state index contributed by atoms with van der Waals surface area (Å²) in [6, 6.07) is 6.15. The molecule has 1 fully saturated rings. The van der Waals surface area contributed by atoms with Crippen LogP contribution in [0, 0.1) is 12.3 Å². The van der Waals surface area contributed by atoms with Gasteiger partial charge in [-0.2, -0.15) is 0 Å². The Balaban J connectivity index is 2.01. The first-order valence-electron chi connectivity index (χ1n) is 7.02. The molecule has 1 saturated carbocycles. The molecule has 0 aliphatic heterocycles. The van der Waals surface area contributed by atoms with E-state index in [-0.39, 0.29) is 0 Å². The minimum atomic E-state index is 0.347. The number of anilines is 1. The van der Waals surface area contributed by atoms with Crippen molar-refractivity contribution in [1.29, 1.82) is 0 Å². The summed E-state index contributed by atoms with van der Waals surface area (Å²) in [5, 5.41) is 13.1. The third-order valence-corrected chi connectivity index (χ3v) is 4.15. The minimum absolute atomic E-state index is 0.347. The van der Waals surface area contributed by atoms with E-state index >= 15 is 0 Å². The van der Waals surface area contributed by atoms with Gasteiger partial charge in [0, 0.05) is 11.7 Å². The standard InChI is InChI=1S/C16H25NO/c1-12-11-14(18)6-7-15(12)17-13-5-4-9-16(2,3)10-8-13/h6-7,11,13,17-18H,4-5,8-10H2,1-3H3. The summed E-state index contributed by atoms with van der Waals surface area (Å²) in [4.78, 5) is 0. The van der Waals surface area contributed by atoms with Crippen LogP contribution in [-0.4, -0.2) is 11.1 Å². The van der Waals surface area contributed by atoms with Crippen LogP contribution in [0.25, 0.3) is 0 Å². The quantitative estimate of drug-likeness (QED) is 0.597. The van der Waals surface area contributed by atoms with Crippen LogP contribution in [0.4, 0.5) is 5.69 Å². The smallest absolute Gasteiger partial charge is 0.115 e. The van der Waals surface area contributed by atoms with Crippen molar-refractivity contribution in [2.75, 3.05) is 5.32 Å². The topological polar surface area (TPSA) is 32.3 Å². The van der Waals surface area contributed by atoms with Gasteiger partial charge in [0.05, 0.1) is 0 Å². The Labute approximate surface area is 110 Å². The Morgan fingerprint density at radius 2 is 2.00 bits per heavy atom. The van der Waals surface area contributed by atoms with E-state index in [1.807, 2.05) is 19.1 Å². The molecule has 1 aliphatic carbocycles. The fourth-order valence-corrected chi connectivity index (χ4v) is 2.84. The number of hydrogen-bond donors (Lipinski definition) is 2. The van der Waals surface area contributed by atoms with E-state index in [2.05, 4.69) is 19.2 Å². The lowest BCUT2D eigenvalue weighted by Crippen LogP contribution is -2.19. The zero-order chi connectivity index (χ0) is 13.2. The van der Waals surface area contributed by atoms with Gasteiger partial charge in [-0.15, -0.1) is 0 Å². The Kier molecular flexibility index (Phi) is 3.84. The SMILES string of the molecule is Cc1cc(O)ccc1NC1CCCC(C)(C)CC1. The Hall–Kier alpha value is -1.18. The lowest BCUT2D eigenvalue weighted by Gasteiger charge is -2.23. The number of nitrogens with one attached hydrogen (secondary N) is 1. The molecule has 2 heteroatoms. The van der Waals surface area contributed by atoms with Crippen LogP contribution in [0.15, 0.2) is 18.2 Å². The van der Waals surface area contributed by atoms with E-state index in [1.165, 1.54) is 32.1 Å². The second kappa shape index (κ2) is 5.21. The zero-order valence-electron chi connectivity index (χ0n) is 11.8. The molecule has 1 aliphatic rings. The summed E-state index contributed by atoms with van der Waals surface area (Å²) >= 11 is 0. The molecule has 2 nitrogen and oxygen atoms in total. The first kappa shape index (κ1) is 13.3. The molecule has 0 heterocycles. The third kappa shape index (κ3) is 3.41. The Morgan fingerprint density at radius 3 is 2.72 bits per heavy atom. The second-order valence-corrected chi connectivity index (χ2v) is 6.44. The minimum Gasteiger partial charge on any atom is -0.508 e. The van der Waals surface area contributed by atoms with Crippen LogP contribution in [0.1, 0.15) is 51.5 Å². The average molecular weight is 247 g/mol. The van der Waals surface area contributed by atoms with E-state index in [9.17, 15) is 5.11 Å². The summed E-state index contributed by atoms with van der Waals surface area (Å²) in [6.45, 7) is 6.80. The molecular formula is C16H25NO. The summed E-state index contributed by atoms with van der Waals surface area (Å²) < 4.78 is 0. The van der Waals surface area contributed by atoms with Crippen molar-refractivity contribution < 1.29 is 5.11 Å². The summed E-state index contributed by atoms with van der Waals surface area (Å²) in [5.41, 5.74) is 2.79. The largest absolute Gasteiger partial charge is 0.508 e. The van der Waals surface area contributed by atoms with Crippen molar-refractivity contribution in [3.05, 3.63) is 23.8 Å². The lowest BCUT2D eigenvalue weighted by atomic mass is 9.85. The molecule has 0 amide bonds. The Bertz CT molecular complexity index is 412. The van der Waals surface area contributed by atoms with Gasteiger partial charge in [-0.05, 0) is 61.8 Å². The molecule has 1 aromatic carbocycles. The number of aromatic hydroxyl groups is 1. The number of rotatable bonds is 2. The maximum Gasteiger partial charge on any atom is 0.115 e. The van der Waals surface area contributed by atoms with E-state index in [0.29, 0.717) is 17.2 Å². The molecule has 0 aromatic heterocycles. The lowest BCUT2D eigenvalue weighted by molar-refractivity contribution is 0.313. The fourth-order valence-electron chi connectivity index (χ4n) is 2.84. The van der Waals surface area contributed by atoms with Gasteiger partial charge in [-0.1, -0.05) is 20.3 Å². The van der Waals surface area contributed by atoms with Crippen LogP contribution in [0.3, 0.4) is 0 Å². The van der Waals surface area contributed by atoms with Gasteiger partial charge in [0.1, 0.15) is 5.75 Å². The molecule has 0 saturated heterocycles. The van der Waals surface area contributed by atoms with E-state index in [4.69, 9.17) is 0 Å². The van der Waals surface area contributed by atoms with Gasteiger partial charge in [-0.3, -0.25) is 0 Å². The molecule has 0 bridgehead atoms. The van der Waals surface area contributed by atoms with Gasteiger partial charge < -0.3 is 10.4 Å². The normalized spacial score (nSPS) is 23.4. The molecular weight excluding hydrogens is 222 g/mol. The van der Waals surface area contributed by atoms with Gasteiger partial charge >= 0.3 is 0 Å². The van der Waals surface area contributed by atoms with Crippen molar-refractivity contribution in [3.63, 3.8) is 0 Å². The maximum atomic E-state index is 9.43. The highest BCUT2D eigenvalue weighted by Crippen LogP contribution is 2.35. The predicted octanol–water partition coefficient (Wildman–Crippen LogP) is 4.47. The van der Waals surface area contributed by atoms with Crippen molar-refractivity contribution in [2.45, 2.75) is 58.9 Å². The molecule has 18 heavy (non-hydrogen) atoms. The van der Waals surface area contributed by atoms with Gasteiger partial charge in [-0.25, -0.2) is 0 Å². The monoisotopic (exact) mass is 247 g/mol. The van der Waals surface area contributed by atoms with Gasteiger partial charge in [0.25, 0.3) is 0 Å². The van der Waals surface area contributed by atoms with Crippen LogP contribution in [0.5, 0.6) is 5.75 Å². The fraction of sp³-hybridized carbons (Fsp3) is 0.625. The summed E-state index contributed by atoms with van der Waals surface area (Å²) in [5.74, 6) is 0.347. The molecule has 0 spiro atoms. The van der Waals surface area contributed by atoms with E-state index in [1.54, 1.807) is 6.07 Å². The van der Waals surface area contributed by atoms with Crippen LogP contribution in [-0.2, 0) is 0 Å². The highest BCUT2D eigenvalue weighted by atomic mass is 16.3. The molecule has 1 aromatic rings. The van der Waals surface area contributed by atoms with Crippen LogP contribution in [0.2, 0.25) is 0 Å². The highest BCUT2D eigenvalue weighted by molar-refractivity contribution is 5.53. The first-order chi connectivity index (χ1) is 8.46. The third-order valence-electron chi connectivity index (χ3n) is 4.15. The van der Waals surface area contributed by atoms with Crippen molar-refractivity contribution >= 4 is 5.69 Å². The highest BCUT2D eigenvalue weighted by Gasteiger charge is 2.24. The summed E-state index contributed by atoms with van der Waals surface area (Å²) in [7, 11) is 0. The molecule has 1 unspecified atom stereocenters. The van der Waals surface area contributed by atoms with Crippen molar-refractivity contribution in [1.82, 2.24) is 0 Å². The van der Waals surface area contributed by atoms with Crippen molar-refractivity contribution in [3.8, 4) is 5.75 Å². The van der Waals surface area contributed by atoms with Crippen molar-refractivity contribution in [2.24, 2.45) is 5.41 Å². The van der Waals surface area contributed by atoms with E-state index < -0.39 is 0 Å². The maximum absolute atomic E-state index is 9.43. The zero-order valence-corrected chi connectivity index (χ0v) is 11.8. The molecule has 0 radical (unpaired) electrons. The second-order valence-electron chi connectivity index (χ2n) is 6.44. The summed E-state index contributed by atoms with van der Waals surface area (Å²) in [6.07, 6.45) is 6.43. The number of aryl methyl sites for hydroxylation is 1. The van der Waals surface area contributed by atoms with Gasteiger partial charge in [0.2, 0.25) is 0 Å². The van der Waals surface area contributed by atoms with Crippen LogP contribution < -0.4 is 5.32 Å². The average Bonchev–Trinajstić information content (AvgIpc) is 2.44. The van der Waals surface area contributed by atoms with E-state index in [0.717, 1.165) is 11.3 Å². The Morgan fingerprint density at radius 1 is 1.22 bits per heavy atom. The first-order valence-corrected chi connectivity index (χ1v) is 7.02. The van der Waals surface area contributed by atoms with Crippen LogP contribution >= 0.6 is 0 Å². The number of phenols is 1. The molecule has 1 atom stereocenters. The molecule has 100 valence electrons. The van der Waals surface area contributed by atoms with Gasteiger partial charge in [0.15, 0.2) is 0 Å². The number of hydrogen-bond acceptors (Lipinski definition) is 2. The number of benzene rings is 1. The number of phenolic OH excluding ortho intramolecular Hbond substituents is 1. The molecule has 2 N–H and O–H groups in total. The predicted molar refractivity (Wildman–Crippen MR) is 77.1 cm³/mol.